The van der Waals surface area contributed by atoms with Crippen molar-refractivity contribution in [1.82, 2.24) is 19.5 Å². The number of benzene rings is 4. The molecule has 6 aromatic rings. The van der Waals surface area contributed by atoms with E-state index in [9.17, 15) is 4.79 Å². The molecule has 0 aliphatic heterocycles. The fourth-order valence-corrected chi connectivity index (χ4v) is 4.42. The van der Waals surface area contributed by atoms with Crippen molar-refractivity contribution in [2.75, 3.05) is 10.6 Å². The zero-order valence-electron chi connectivity index (χ0n) is 21.0. The highest BCUT2D eigenvalue weighted by atomic mass is 16.1. The lowest BCUT2D eigenvalue weighted by Gasteiger charge is -2.13. The highest BCUT2D eigenvalue weighted by molar-refractivity contribution is 6.05. The van der Waals surface area contributed by atoms with E-state index in [2.05, 4.69) is 15.6 Å². The zero-order chi connectivity index (χ0) is 26.6. The molecule has 190 valence electrons. The fraction of sp³-hybridized carbons (Fsp3) is 0.0323. The molecular weight excluding hydrogens is 486 g/mol. The SMILES string of the molecule is NCc1cc(-n2ccnc2)ccc1NC(=O)c1ccc(Nc2nc(-c3ccccc3)c3ccccc3n2)cc1. The van der Waals surface area contributed by atoms with Crippen molar-refractivity contribution >= 4 is 34.1 Å². The molecule has 0 saturated carbocycles. The summed E-state index contributed by atoms with van der Waals surface area (Å²) in [5.41, 5.74) is 12.4. The maximum Gasteiger partial charge on any atom is 0.255 e. The molecular formula is C31H25N7O. The van der Waals surface area contributed by atoms with Gasteiger partial charge >= 0.3 is 0 Å². The molecule has 2 aromatic heterocycles. The second kappa shape index (κ2) is 10.6. The van der Waals surface area contributed by atoms with Crippen LogP contribution in [-0.2, 0) is 6.54 Å². The first-order valence-electron chi connectivity index (χ1n) is 12.5. The third kappa shape index (κ3) is 5.09. The number of amides is 1. The normalized spacial score (nSPS) is 10.9. The number of aromatic nitrogens is 4. The molecule has 0 bridgehead atoms. The molecule has 4 N–H and O–H groups in total. The Hall–Kier alpha value is -5.34. The number of anilines is 3. The molecule has 0 fully saturated rings. The Morgan fingerprint density at radius 1 is 0.872 bits per heavy atom. The number of nitrogens with zero attached hydrogens (tertiary/aromatic N) is 4. The van der Waals surface area contributed by atoms with E-state index in [1.165, 1.54) is 0 Å². The number of nitrogens with one attached hydrogen (secondary N) is 2. The number of nitrogens with two attached hydrogens (primary N) is 1. The maximum atomic E-state index is 13.0. The standard InChI is InChI=1S/C31H25N7O/c32-19-23-18-25(38-17-16-33-20-38)14-15-27(23)35-30(39)22-10-12-24(13-11-22)34-31-36-28-9-5-4-8-26(28)29(37-31)21-6-2-1-3-7-21/h1-18,20H,19,32H2,(H,35,39)(H,34,36,37). The Labute approximate surface area is 225 Å². The quantitative estimate of drug-likeness (QED) is 0.245. The van der Waals surface area contributed by atoms with Gasteiger partial charge in [-0.2, -0.15) is 0 Å². The highest BCUT2D eigenvalue weighted by Crippen LogP contribution is 2.28. The van der Waals surface area contributed by atoms with Crippen molar-refractivity contribution in [2.24, 2.45) is 5.73 Å². The van der Waals surface area contributed by atoms with Gasteiger partial charge in [0.2, 0.25) is 5.95 Å². The molecule has 0 atom stereocenters. The summed E-state index contributed by atoms with van der Waals surface area (Å²) < 4.78 is 1.89. The van der Waals surface area contributed by atoms with Crippen LogP contribution in [0.2, 0.25) is 0 Å². The van der Waals surface area contributed by atoms with Crippen molar-refractivity contribution < 1.29 is 4.79 Å². The Morgan fingerprint density at radius 2 is 1.67 bits per heavy atom. The molecule has 2 heterocycles. The maximum absolute atomic E-state index is 13.0. The molecule has 0 unspecified atom stereocenters. The highest BCUT2D eigenvalue weighted by Gasteiger charge is 2.12. The van der Waals surface area contributed by atoms with Crippen LogP contribution >= 0.6 is 0 Å². The summed E-state index contributed by atoms with van der Waals surface area (Å²) in [6, 6.07) is 30.9. The minimum absolute atomic E-state index is 0.222. The number of para-hydroxylation sites is 1. The topological polar surface area (TPSA) is 111 Å². The van der Waals surface area contributed by atoms with Gasteiger partial charge in [-0.1, -0.05) is 48.5 Å². The smallest absolute Gasteiger partial charge is 0.255 e. The zero-order valence-corrected chi connectivity index (χ0v) is 21.0. The van der Waals surface area contributed by atoms with Crippen molar-refractivity contribution in [2.45, 2.75) is 6.54 Å². The van der Waals surface area contributed by atoms with Crippen molar-refractivity contribution in [3.05, 3.63) is 127 Å². The first kappa shape index (κ1) is 24.0. The second-order valence-corrected chi connectivity index (χ2v) is 8.95. The fourth-order valence-electron chi connectivity index (χ4n) is 4.42. The lowest BCUT2D eigenvalue weighted by atomic mass is 10.1. The van der Waals surface area contributed by atoms with E-state index in [1.807, 2.05) is 95.7 Å². The Balaban J connectivity index is 1.21. The van der Waals surface area contributed by atoms with E-state index in [-0.39, 0.29) is 12.5 Å². The second-order valence-electron chi connectivity index (χ2n) is 8.95. The molecule has 8 nitrogen and oxygen atoms in total. The molecule has 0 aliphatic rings. The largest absolute Gasteiger partial charge is 0.326 e. The Morgan fingerprint density at radius 3 is 2.44 bits per heavy atom. The Bertz CT molecular complexity index is 1750. The minimum Gasteiger partial charge on any atom is -0.326 e. The van der Waals surface area contributed by atoms with Crippen LogP contribution in [0.15, 0.2) is 116 Å². The van der Waals surface area contributed by atoms with Gasteiger partial charge < -0.3 is 20.9 Å². The summed E-state index contributed by atoms with van der Waals surface area (Å²) in [5.74, 6) is 0.260. The molecule has 4 aromatic carbocycles. The van der Waals surface area contributed by atoms with E-state index in [0.717, 1.165) is 39.1 Å². The van der Waals surface area contributed by atoms with Gasteiger partial charge in [0.1, 0.15) is 0 Å². The van der Waals surface area contributed by atoms with E-state index < -0.39 is 0 Å². The van der Waals surface area contributed by atoms with Crippen LogP contribution in [0.4, 0.5) is 17.3 Å². The van der Waals surface area contributed by atoms with Crippen LogP contribution in [0.1, 0.15) is 15.9 Å². The van der Waals surface area contributed by atoms with Gasteiger partial charge in [0, 0.05) is 52.5 Å². The first-order valence-corrected chi connectivity index (χ1v) is 12.5. The lowest BCUT2D eigenvalue weighted by Crippen LogP contribution is -2.14. The molecule has 6 rings (SSSR count). The minimum atomic E-state index is -0.222. The van der Waals surface area contributed by atoms with E-state index in [4.69, 9.17) is 15.7 Å². The summed E-state index contributed by atoms with van der Waals surface area (Å²) in [4.78, 5) is 26.6. The number of fused-ring (bicyclic) bond motifs is 1. The first-order chi connectivity index (χ1) is 19.2. The molecule has 0 saturated heterocycles. The molecule has 0 aliphatic carbocycles. The molecule has 0 radical (unpaired) electrons. The van der Waals surface area contributed by atoms with E-state index in [0.29, 0.717) is 17.2 Å². The monoisotopic (exact) mass is 511 g/mol. The summed E-state index contributed by atoms with van der Waals surface area (Å²) in [5, 5.41) is 7.24. The van der Waals surface area contributed by atoms with Crippen LogP contribution in [0.5, 0.6) is 0 Å². The molecule has 0 spiro atoms. The van der Waals surface area contributed by atoms with Crippen molar-refractivity contribution in [1.29, 1.82) is 0 Å². The average molecular weight is 512 g/mol. The summed E-state index contributed by atoms with van der Waals surface area (Å²) in [7, 11) is 0. The van der Waals surface area contributed by atoms with Crippen LogP contribution in [0.25, 0.3) is 27.8 Å². The van der Waals surface area contributed by atoms with Gasteiger partial charge in [-0.25, -0.2) is 15.0 Å². The molecule has 39 heavy (non-hydrogen) atoms. The molecule has 1 amide bonds. The third-order valence-corrected chi connectivity index (χ3v) is 6.41. The van der Waals surface area contributed by atoms with Gasteiger partial charge in [0.05, 0.1) is 17.5 Å². The van der Waals surface area contributed by atoms with Crippen LogP contribution in [0.3, 0.4) is 0 Å². The molecule has 8 heteroatoms. The van der Waals surface area contributed by atoms with Gasteiger partial charge in [-0.15, -0.1) is 0 Å². The van der Waals surface area contributed by atoms with Gasteiger partial charge in [0.15, 0.2) is 0 Å². The van der Waals surface area contributed by atoms with E-state index in [1.54, 1.807) is 24.7 Å². The number of carbonyl (C=O) groups is 1. The number of imidazole rings is 1. The van der Waals surface area contributed by atoms with Gasteiger partial charge in [-0.05, 0) is 54.1 Å². The number of hydrogen-bond donors (Lipinski definition) is 3. The predicted octanol–water partition coefficient (Wildman–Crippen LogP) is 5.94. The van der Waals surface area contributed by atoms with Crippen molar-refractivity contribution in [3.8, 4) is 16.9 Å². The number of hydrogen-bond acceptors (Lipinski definition) is 6. The van der Waals surface area contributed by atoms with Crippen LogP contribution in [0, 0.1) is 0 Å². The van der Waals surface area contributed by atoms with Gasteiger partial charge in [0.25, 0.3) is 5.91 Å². The summed E-state index contributed by atoms with van der Waals surface area (Å²) >= 11 is 0. The van der Waals surface area contributed by atoms with E-state index >= 15 is 0 Å². The van der Waals surface area contributed by atoms with Crippen LogP contribution < -0.4 is 16.4 Å². The van der Waals surface area contributed by atoms with Crippen molar-refractivity contribution in [3.63, 3.8) is 0 Å². The third-order valence-electron chi connectivity index (χ3n) is 6.41. The number of carbonyl (C=O) groups excluding carboxylic acids is 1. The lowest BCUT2D eigenvalue weighted by molar-refractivity contribution is 0.102. The van der Waals surface area contributed by atoms with Crippen LogP contribution in [-0.4, -0.2) is 25.4 Å². The summed E-state index contributed by atoms with van der Waals surface area (Å²) in [6.45, 7) is 0.289. The Kier molecular flexibility index (Phi) is 6.51. The predicted molar refractivity (Wildman–Crippen MR) is 154 cm³/mol. The van der Waals surface area contributed by atoms with Gasteiger partial charge in [-0.3, -0.25) is 4.79 Å². The average Bonchev–Trinajstić information content (AvgIpc) is 3.53. The summed E-state index contributed by atoms with van der Waals surface area (Å²) in [6.07, 6.45) is 5.29. The number of rotatable bonds is 7.